The van der Waals surface area contributed by atoms with E-state index in [0.717, 1.165) is 40.8 Å². The van der Waals surface area contributed by atoms with Crippen molar-refractivity contribution in [3.63, 3.8) is 0 Å². The van der Waals surface area contributed by atoms with E-state index in [-0.39, 0.29) is 6.04 Å². The molecule has 2 atom stereocenters. The number of benzene rings is 6. The molecule has 0 radical (unpaired) electrons. The standard InChI is InChI=1S/C48H37NO/c1-33-32-41(40-18-8-11-21-44(40)49-47(33)37-14-4-2-5-15-37)36-26-24-34(25-27-36)35-28-30-39(31-29-35)48(38-16-6-3-7-17-38)42-19-9-12-22-45(42)50-46-23-13-10-20-43(46)48/h2-14,16-31,37,47H,1,15,32H2. The fraction of sp³-hybridized carbons (Fsp3) is 0.104. The molecule has 0 saturated carbocycles. The first kappa shape index (κ1) is 30.1. The van der Waals surface area contributed by atoms with Crippen LogP contribution < -0.4 is 15.3 Å². The van der Waals surface area contributed by atoms with E-state index >= 15 is 0 Å². The van der Waals surface area contributed by atoms with Crippen LogP contribution in [0.1, 0.15) is 40.7 Å². The van der Waals surface area contributed by atoms with Gasteiger partial charge in [0, 0.05) is 22.3 Å². The van der Waals surface area contributed by atoms with Gasteiger partial charge < -0.3 is 4.74 Å². The van der Waals surface area contributed by atoms with Crippen LogP contribution in [0.5, 0.6) is 11.5 Å². The SMILES string of the molecule is C=C1CC(c2ccc(-c3ccc(C4(c5ccccc5)c5ccccc5Oc5ccccc54)cc3)cc2)=c2ccccc2=NC1C1C=CC=CC1. The highest BCUT2D eigenvalue weighted by Crippen LogP contribution is 2.55. The first-order chi connectivity index (χ1) is 24.7. The van der Waals surface area contributed by atoms with Gasteiger partial charge in [-0.05, 0) is 70.0 Å². The molecule has 2 heteroatoms. The third-order valence-corrected chi connectivity index (χ3v) is 10.6. The summed E-state index contributed by atoms with van der Waals surface area (Å²) in [5.41, 5.74) is 10.2. The fourth-order valence-corrected chi connectivity index (χ4v) is 8.25. The summed E-state index contributed by atoms with van der Waals surface area (Å²) in [7, 11) is 0. The first-order valence-electron chi connectivity index (χ1n) is 17.5. The molecule has 6 aromatic carbocycles. The lowest BCUT2D eigenvalue weighted by Gasteiger charge is -2.41. The minimum atomic E-state index is -0.520. The summed E-state index contributed by atoms with van der Waals surface area (Å²) in [5, 5.41) is 2.25. The zero-order valence-electron chi connectivity index (χ0n) is 27.9. The smallest absolute Gasteiger partial charge is 0.132 e. The Morgan fingerprint density at radius 1 is 0.580 bits per heavy atom. The molecule has 0 amide bonds. The average molecular weight is 644 g/mol. The van der Waals surface area contributed by atoms with Crippen molar-refractivity contribution in [1.29, 1.82) is 0 Å². The van der Waals surface area contributed by atoms with E-state index in [4.69, 9.17) is 9.73 Å². The van der Waals surface area contributed by atoms with E-state index in [1.807, 2.05) is 0 Å². The van der Waals surface area contributed by atoms with Gasteiger partial charge in [0.15, 0.2) is 0 Å². The number of para-hydroxylation sites is 3. The number of nitrogens with zero attached hydrogens (tertiary/aromatic N) is 1. The summed E-state index contributed by atoms with van der Waals surface area (Å²) in [6.45, 7) is 4.58. The number of hydrogen-bond donors (Lipinski definition) is 0. The number of allylic oxidation sites excluding steroid dienone is 3. The molecule has 2 nitrogen and oxygen atoms in total. The molecule has 0 fully saturated rings. The van der Waals surface area contributed by atoms with Crippen LogP contribution in [-0.2, 0) is 5.41 Å². The maximum atomic E-state index is 6.48. The van der Waals surface area contributed by atoms with Crippen molar-refractivity contribution in [2.45, 2.75) is 24.3 Å². The van der Waals surface area contributed by atoms with Gasteiger partial charge in [0.1, 0.15) is 11.5 Å². The van der Waals surface area contributed by atoms with E-state index < -0.39 is 5.41 Å². The molecule has 2 heterocycles. The Labute approximate surface area is 293 Å². The molecule has 1 aliphatic carbocycles. The predicted octanol–water partition coefficient (Wildman–Crippen LogP) is 10.1. The maximum absolute atomic E-state index is 6.48. The predicted molar refractivity (Wildman–Crippen MR) is 204 cm³/mol. The molecule has 6 aromatic rings. The van der Waals surface area contributed by atoms with Gasteiger partial charge in [0.25, 0.3) is 0 Å². The van der Waals surface area contributed by atoms with Crippen LogP contribution in [0.4, 0.5) is 0 Å². The molecule has 9 rings (SSSR count). The average Bonchev–Trinajstić information content (AvgIpc) is 3.34. The molecule has 50 heavy (non-hydrogen) atoms. The van der Waals surface area contributed by atoms with E-state index in [0.29, 0.717) is 5.92 Å². The van der Waals surface area contributed by atoms with Crippen molar-refractivity contribution < 1.29 is 4.74 Å². The maximum Gasteiger partial charge on any atom is 0.132 e. The van der Waals surface area contributed by atoms with Crippen LogP contribution in [0.3, 0.4) is 0 Å². The van der Waals surface area contributed by atoms with Crippen LogP contribution in [0.15, 0.2) is 193 Å². The number of fused-ring (bicyclic) bond motifs is 3. The van der Waals surface area contributed by atoms with Crippen LogP contribution in [0.25, 0.3) is 16.7 Å². The lowest BCUT2D eigenvalue weighted by atomic mass is 9.63. The minimum Gasteiger partial charge on any atom is -0.457 e. The second-order valence-electron chi connectivity index (χ2n) is 13.5. The van der Waals surface area contributed by atoms with Crippen LogP contribution in [0.2, 0.25) is 0 Å². The molecule has 0 N–H and O–H groups in total. The van der Waals surface area contributed by atoms with E-state index in [1.165, 1.54) is 44.2 Å². The normalized spacial score (nSPS) is 18.6. The summed E-state index contributed by atoms with van der Waals surface area (Å²) in [6, 6.07) is 54.5. The zero-order chi connectivity index (χ0) is 33.5. The van der Waals surface area contributed by atoms with Gasteiger partial charge in [0.05, 0.1) is 16.8 Å². The van der Waals surface area contributed by atoms with Gasteiger partial charge in [-0.15, -0.1) is 0 Å². The molecular weight excluding hydrogens is 607 g/mol. The third-order valence-electron chi connectivity index (χ3n) is 10.6. The quantitative estimate of drug-likeness (QED) is 0.171. The molecule has 2 aliphatic heterocycles. The Bertz CT molecular complexity index is 2370. The van der Waals surface area contributed by atoms with Crippen LogP contribution in [0, 0.1) is 5.92 Å². The number of hydrogen-bond acceptors (Lipinski definition) is 2. The highest BCUT2D eigenvalue weighted by atomic mass is 16.5. The Morgan fingerprint density at radius 3 is 1.84 bits per heavy atom. The second kappa shape index (κ2) is 12.5. The molecular formula is C48H37NO. The van der Waals surface area contributed by atoms with E-state index in [2.05, 4.69) is 183 Å². The molecule has 240 valence electrons. The van der Waals surface area contributed by atoms with Crippen molar-refractivity contribution in [2.75, 3.05) is 0 Å². The van der Waals surface area contributed by atoms with Gasteiger partial charge in [-0.3, -0.25) is 4.99 Å². The highest BCUT2D eigenvalue weighted by molar-refractivity contribution is 5.74. The Kier molecular flexibility index (Phi) is 7.51. The Morgan fingerprint density at radius 2 is 1.16 bits per heavy atom. The van der Waals surface area contributed by atoms with Gasteiger partial charge in [-0.1, -0.05) is 164 Å². The molecule has 0 aromatic heterocycles. The number of rotatable bonds is 5. The van der Waals surface area contributed by atoms with Crippen molar-refractivity contribution in [2.24, 2.45) is 10.9 Å². The largest absolute Gasteiger partial charge is 0.457 e. The molecule has 2 unspecified atom stereocenters. The summed E-state index contributed by atoms with van der Waals surface area (Å²) in [5.74, 6) is 2.12. The summed E-state index contributed by atoms with van der Waals surface area (Å²) in [4.78, 5) is 5.27. The van der Waals surface area contributed by atoms with Crippen molar-refractivity contribution in [3.8, 4) is 22.6 Å². The Hall–Kier alpha value is -5.99. The van der Waals surface area contributed by atoms with Gasteiger partial charge in [-0.2, -0.15) is 0 Å². The lowest BCUT2D eigenvalue weighted by Crippen LogP contribution is -2.34. The third kappa shape index (κ3) is 4.99. The zero-order valence-corrected chi connectivity index (χ0v) is 27.9. The summed E-state index contributed by atoms with van der Waals surface area (Å²) in [6.07, 6.45) is 10.6. The summed E-state index contributed by atoms with van der Waals surface area (Å²) >= 11 is 0. The van der Waals surface area contributed by atoms with Gasteiger partial charge >= 0.3 is 0 Å². The van der Waals surface area contributed by atoms with Crippen molar-refractivity contribution >= 4 is 5.57 Å². The topological polar surface area (TPSA) is 21.6 Å². The van der Waals surface area contributed by atoms with Crippen molar-refractivity contribution in [1.82, 2.24) is 0 Å². The minimum absolute atomic E-state index is 0.0708. The molecule has 0 bridgehead atoms. The van der Waals surface area contributed by atoms with Crippen LogP contribution in [-0.4, -0.2) is 6.04 Å². The Balaban J connectivity index is 1.10. The van der Waals surface area contributed by atoms with Crippen LogP contribution >= 0.6 is 0 Å². The number of ether oxygens (including phenoxy) is 1. The first-order valence-corrected chi connectivity index (χ1v) is 17.5. The molecule has 3 aliphatic rings. The lowest BCUT2D eigenvalue weighted by molar-refractivity contribution is 0.434. The van der Waals surface area contributed by atoms with Crippen molar-refractivity contribution in [3.05, 3.63) is 227 Å². The van der Waals surface area contributed by atoms with Gasteiger partial charge in [-0.25, -0.2) is 0 Å². The van der Waals surface area contributed by atoms with E-state index in [9.17, 15) is 0 Å². The van der Waals surface area contributed by atoms with Gasteiger partial charge in [0.2, 0.25) is 0 Å². The molecule has 0 spiro atoms. The van der Waals surface area contributed by atoms with E-state index in [1.54, 1.807) is 0 Å². The fourth-order valence-electron chi connectivity index (χ4n) is 8.25. The summed E-state index contributed by atoms with van der Waals surface area (Å²) < 4.78 is 6.48. The highest BCUT2D eigenvalue weighted by Gasteiger charge is 2.45. The molecule has 0 saturated heterocycles. The second-order valence-corrected chi connectivity index (χ2v) is 13.5. The monoisotopic (exact) mass is 643 g/mol.